The highest BCUT2D eigenvalue weighted by atomic mass is 16.7. The minimum atomic E-state index is -0.699. The minimum Gasteiger partial charge on any atom is -0.481 e. The maximum absolute atomic E-state index is 12.1. The van der Waals surface area contributed by atoms with Crippen LogP contribution in [0.4, 0.5) is 10.6 Å². The zero-order valence-electron chi connectivity index (χ0n) is 21.6. The first kappa shape index (κ1) is 25.4. The molecule has 7 atom stereocenters. The van der Waals surface area contributed by atoms with Gasteiger partial charge in [-0.1, -0.05) is 36.4 Å². The lowest BCUT2D eigenvalue weighted by molar-refractivity contribution is -0.138. The Balaban J connectivity index is 1.24. The number of nitrogens with zero attached hydrogens (tertiary/aromatic N) is 4. The van der Waals surface area contributed by atoms with E-state index in [1.807, 2.05) is 54.0 Å². The number of amides is 2. The molecule has 6 unspecified atom stereocenters. The van der Waals surface area contributed by atoms with Crippen molar-refractivity contribution in [3.63, 3.8) is 0 Å². The summed E-state index contributed by atoms with van der Waals surface area (Å²) < 4.78 is 14.9. The largest absolute Gasteiger partial charge is 0.481 e. The number of ether oxygens (including phenoxy) is 2. The van der Waals surface area contributed by atoms with Crippen molar-refractivity contribution in [1.29, 1.82) is 0 Å². The van der Waals surface area contributed by atoms with E-state index in [-0.39, 0.29) is 42.0 Å². The summed E-state index contributed by atoms with van der Waals surface area (Å²) in [6, 6.07) is 9.56. The number of fused-ring (bicyclic) bond motifs is 2. The van der Waals surface area contributed by atoms with Crippen LogP contribution in [0.5, 0.6) is 0 Å². The van der Waals surface area contributed by atoms with Crippen molar-refractivity contribution in [3.8, 4) is 0 Å². The molecule has 6 rings (SSSR count). The van der Waals surface area contributed by atoms with Gasteiger partial charge in [0.05, 0.1) is 24.4 Å². The molecule has 3 aromatic rings. The fourth-order valence-corrected chi connectivity index (χ4v) is 5.96. The van der Waals surface area contributed by atoms with E-state index < -0.39 is 12.3 Å². The van der Waals surface area contributed by atoms with Crippen molar-refractivity contribution in [2.75, 3.05) is 11.9 Å². The Bertz CT molecular complexity index is 1380. The lowest BCUT2D eigenvalue weighted by Crippen LogP contribution is -2.28. The molecular formula is C28H32N6O5. The van der Waals surface area contributed by atoms with Crippen LogP contribution in [0.2, 0.25) is 0 Å². The van der Waals surface area contributed by atoms with Gasteiger partial charge in [-0.2, -0.15) is 0 Å². The molecule has 2 amide bonds. The second-order valence-electron chi connectivity index (χ2n) is 10.5. The first-order valence-electron chi connectivity index (χ1n) is 13.5. The number of anilines is 1. The van der Waals surface area contributed by atoms with E-state index in [4.69, 9.17) is 9.47 Å². The zero-order chi connectivity index (χ0) is 26.9. The second-order valence-corrected chi connectivity index (χ2v) is 10.5. The highest BCUT2D eigenvalue weighted by Gasteiger charge is 2.52. The molecule has 11 nitrogen and oxygen atoms in total. The lowest BCUT2D eigenvalue weighted by Gasteiger charge is -2.19. The third-order valence-corrected chi connectivity index (χ3v) is 7.97. The Labute approximate surface area is 225 Å². The molecule has 2 saturated carbocycles. The van der Waals surface area contributed by atoms with Gasteiger partial charge in [-0.3, -0.25) is 10.1 Å². The standard InChI is InChI=1S/C28H32N6O5/c1-2-29-28(37)33-25-22-26(31-14-30-25)34(15-32-22)20-13-18(10-9-17-12-19(17)27(35)36)23-24(20)39-21(38-23)11-8-16-6-4-3-5-7-16/h3-8,11,14-15,17-21,23-24H,2,9-10,12-13H2,1H3,(H,35,36)(H2,29,30,31,33,37)/b11-8+/t17?,18?,19?,20?,21-,23?,24?/m0/s1. The van der Waals surface area contributed by atoms with Crippen molar-refractivity contribution in [2.45, 2.75) is 57.1 Å². The Hall–Kier alpha value is -3.83. The lowest BCUT2D eigenvalue weighted by atomic mass is 9.97. The van der Waals surface area contributed by atoms with E-state index in [0.717, 1.165) is 31.2 Å². The predicted octanol–water partition coefficient (Wildman–Crippen LogP) is 3.85. The molecule has 0 radical (unpaired) electrons. The molecule has 2 aliphatic carbocycles. The molecule has 0 spiro atoms. The van der Waals surface area contributed by atoms with Crippen LogP contribution in [0.3, 0.4) is 0 Å². The number of nitrogens with one attached hydrogen (secondary N) is 2. The Morgan fingerprint density at radius 1 is 1.08 bits per heavy atom. The van der Waals surface area contributed by atoms with Gasteiger partial charge in [0.25, 0.3) is 0 Å². The highest BCUT2D eigenvalue weighted by molar-refractivity contribution is 5.95. The van der Waals surface area contributed by atoms with E-state index in [0.29, 0.717) is 23.5 Å². The number of hydrogen-bond donors (Lipinski definition) is 3. The van der Waals surface area contributed by atoms with Crippen LogP contribution < -0.4 is 10.6 Å². The number of carbonyl (C=O) groups excluding carboxylic acids is 1. The van der Waals surface area contributed by atoms with Crippen LogP contribution >= 0.6 is 0 Å². The Morgan fingerprint density at radius 3 is 2.64 bits per heavy atom. The summed E-state index contributed by atoms with van der Waals surface area (Å²) >= 11 is 0. The third kappa shape index (κ3) is 5.24. The summed E-state index contributed by atoms with van der Waals surface area (Å²) in [4.78, 5) is 36.7. The van der Waals surface area contributed by atoms with Gasteiger partial charge < -0.3 is 24.5 Å². The molecule has 3 heterocycles. The van der Waals surface area contributed by atoms with Crippen molar-refractivity contribution in [2.24, 2.45) is 17.8 Å². The van der Waals surface area contributed by atoms with Gasteiger partial charge in [-0.25, -0.2) is 19.7 Å². The normalized spacial score (nSPS) is 29.5. The van der Waals surface area contributed by atoms with Gasteiger partial charge in [0.1, 0.15) is 12.4 Å². The number of urea groups is 1. The molecule has 11 heteroatoms. The Kier molecular flexibility index (Phi) is 7.01. The third-order valence-electron chi connectivity index (χ3n) is 7.97. The molecule has 3 N–H and O–H groups in total. The highest BCUT2D eigenvalue weighted by Crippen LogP contribution is 2.49. The number of aliphatic carboxylic acids is 1. The van der Waals surface area contributed by atoms with Gasteiger partial charge in [0.15, 0.2) is 23.3 Å². The maximum Gasteiger partial charge on any atom is 0.320 e. The number of carbonyl (C=O) groups is 2. The van der Waals surface area contributed by atoms with E-state index in [1.165, 1.54) is 6.33 Å². The quantitative estimate of drug-likeness (QED) is 0.377. The molecular weight excluding hydrogens is 500 g/mol. The number of carboxylic acids is 1. The monoisotopic (exact) mass is 532 g/mol. The summed E-state index contributed by atoms with van der Waals surface area (Å²) in [5, 5.41) is 14.8. The van der Waals surface area contributed by atoms with Crippen LogP contribution in [0, 0.1) is 17.8 Å². The number of hydrogen-bond acceptors (Lipinski definition) is 7. The van der Waals surface area contributed by atoms with Gasteiger partial charge in [0, 0.05) is 6.54 Å². The van der Waals surface area contributed by atoms with Crippen LogP contribution in [-0.4, -0.2) is 61.7 Å². The molecule has 204 valence electrons. The van der Waals surface area contributed by atoms with Gasteiger partial charge >= 0.3 is 12.0 Å². The average Bonchev–Trinajstić information content (AvgIpc) is 3.23. The number of carboxylic acid groups (broad SMARTS) is 1. The maximum atomic E-state index is 12.1. The summed E-state index contributed by atoms with van der Waals surface area (Å²) in [5.74, 6) is -0.129. The fraction of sp³-hybridized carbons (Fsp3) is 0.464. The van der Waals surface area contributed by atoms with Gasteiger partial charge in [0.2, 0.25) is 0 Å². The first-order valence-corrected chi connectivity index (χ1v) is 13.5. The smallest absolute Gasteiger partial charge is 0.320 e. The molecule has 1 aliphatic heterocycles. The molecule has 1 saturated heterocycles. The van der Waals surface area contributed by atoms with Gasteiger partial charge in [-0.15, -0.1) is 0 Å². The number of imidazole rings is 1. The molecule has 39 heavy (non-hydrogen) atoms. The molecule has 3 fully saturated rings. The number of aromatic nitrogens is 4. The number of rotatable bonds is 9. The van der Waals surface area contributed by atoms with Crippen LogP contribution in [0.1, 0.15) is 44.2 Å². The summed E-state index contributed by atoms with van der Waals surface area (Å²) in [6.45, 7) is 2.33. The van der Waals surface area contributed by atoms with E-state index in [9.17, 15) is 14.7 Å². The minimum absolute atomic E-state index is 0.0817. The topological polar surface area (TPSA) is 140 Å². The summed E-state index contributed by atoms with van der Waals surface area (Å²) in [6.07, 6.45) is 9.52. The predicted molar refractivity (Wildman–Crippen MR) is 143 cm³/mol. The van der Waals surface area contributed by atoms with Crippen LogP contribution in [-0.2, 0) is 14.3 Å². The number of benzene rings is 1. The SMILES string of the molecule is CCNC(=O)Nc1ncnc2c1ncn2C1CC(CCC2CC2C(=O)O)C2O[C@H](/C=C/c3ccccc3)OC21. The van der Waals surface area contributed by atoms with Crippen LogP contribution in [0.15, 0.2) is 49.1 Å². The molecule has 0 bridgehead atoms. The van der Waals surface area contributed by atoms with Crippen LogP contribution in [0.25, 0.3) is 17.2 Å². The fourth-order valence-electron chi connectivity index (χ4n) is 5.96. The zero-order valence-corrected chi connectivity index (χ0v) is 21.6. The van der Waals surface area contributed by atoms with E-state index in [1.54, 1.807) is 6.33 Å². The summed E-state index contributed by atoms with van der Waals surface area (Å²) in [5.41, 5.74) is 2.18. The van der Waals surface area contributed by atoms with Crippen molar-refractivity contribution in [1.82, 2.24) is 24.8 Å². The molecule has 3 aliphatic rings. The first-order chi connectivity index (χ1) is 19.0. The van der Waals surface area contributed by atoms with E-state index >= 15 is 0 Å². The summed E-state index contributed by atoms with van der Waals surface area (Å²) in [7, 11) is 0. The van der Waals surface area contributed by atoms with E-state index in [2.05, 4.69) is 25.6 Å². The van der Waals surface area contributed by atoms with Crippen molar-refractivity contribution < 1.29 is 24.2 Å². The average molecular weight is 533 g/mol. The second kappa shape index (κ2) is 10.7. The van der Waals surface area contributed by atoms with Gasteiger partial charge in [-0.05, 0) is 56.1 Å². The molecule has 1 aromatic carbocycles. The Morgan fingerprint density at radius 2 is 1.87 bits per heavy atom. The molecule has 2 aromatic heterocycles. The van der Waals surface area contributed by atoms with Crippen molar-refractivity contribution in [3.05, 3.63) is 54.6 Å². The van der Waals surface area contributed by atoms with Crippen molar-refractivity contribution >= 4 is 35.1 Å².